The first kappa shape index (κ1) is 12.2. The fraction of sp³-hybridized carbons (Fsp3) is 0.455. The zero-order valence-electron chi connectivity index (χ0n) is 9.10. The van der Waals surface area contributed by atoms with Gasteiger partial charge >= 0.3 is 0 Å². The minimum absolute atomic E-state index is 0.145. The van der Waals surface area contributed by atoms with Crippen LogP contribution in [-0.4, -0.2) is 20.7 Å². The molecule has 0 aliphatic rings. The average molecular weight is 227 g/mol. The molecule has 4 heteroatoms. The van der Waals surface area contributed by atoms with Crippen molar-refractivity contribution in [2.45, 2.75) is 30.7 Å². The predicted molar refractivity (Wildman–Crippen MR) is 61.5 cm³/mol. The van der Waals surface area contributed by atoms with Crippen LogP contribution in [0.1, 0.15) is 18.9 Å². The topological polar surface area (TPSA) is 60.2 Å². The summed E-state index contributed by atoms with van der Waals surface area (Å²) in [5.74, 6) is 0. The van der Waals surface area contributed by atoms with Gasteiger partial charge in [-0.2, -0.15) is 0 Å². The maximum absolute atomic E-state index is 11.3. The van der Waals surface area contributed by atoms with Crippen molar-refractivity contribution in [2.75, 3.05) is 6.26 Å². The van der Waals surface area contributed by atoms with E-state index < -0.39 is 9.84 Å². The van der Waals surface area contributed by atoms with Gasteiger partial charge < -0.3 is 5.73 Å². The molecule has 1 atom stereocenters. The number of hydrogen-bond donors (Lipinski definition) is 1. The molecule has 0 aliphatic heterocycles. The Balaban J connectivity index is 2.84. The van der Waals surface area contributed by atoms with Crippen LogP contribution in [0.25, 0.3) is 0 Å². The largest absolute Gasteiger partial charge is 0.328 e. The van der Waals surface area contributed by atoms with Crippen molar-refractivity contribution in [3.8, 4) is 0 Å². The first-order valence-electron chi connectivity index (χ1n) is 4.94. The van der Waals surface area contributed by atoms with Gasteiger partial charge in [-0.3, -0.25) is 0 Å². The van der Waals surface area contributed by atoms with Crippen molar-refractivity contribution in [1.82, 2.24) is 0 Å². The fourth-order valence-electron chi connectivity index (χ4n) is 1.33. The molecule has 0 aromatic heterocycles. The minimum atomic E-state index is -3.10. The van der Waals surface area contributed by atoms with E-state index in [-0.39, 0.29) is 6.04 Å². The highest BCUT2D eigenvalue weighted by Gasteiger charge is 2.07. The number of aryl methyl sites for hydroxylation is 1. The first-order chi connectivity index (χ1) is 6.89. The normalized spacial score (nSPS) is 13.8. The van der Waals surface area contributed by atoms with Crippen molar-refractivity contribution in [3.63, 3.8) is 0 Å². The summed E-state index contributed by atoms with van der Waals surface area (Å²) in [5, 5.41) is 0. The Morgan fingerprint density at radius 1 is 1.40 bits per heavy atom. The highest BCUT2D eigenvalue weighted by atomic mass is 32.2. The van der Waals surface area contributed by atoms with Crippen molar-refractivity contribution in [2.24, 2.45) is 5.73 Å². The van der Waals surface area contributed by atoms with Crippen LogP contribution in [0.4, 0.5) is 0 Å². The summed E-state index contributed by atoms with van der Waals surface area (Å²) >= 11 is 0. The van der Waals surface area contributed by atoms with Crippen LogP contribution in [0.15, 0.2) is 29.2 Å². The summed E-state index contributed by atoms with van der Waals surface area (Å²) < 4.78 is 22.6. The predicted octanol–water partition coefficient (Wildman–Crippen LogP) is 1.37. The van der Waals surface area contributed by atoms with Gasteiger partial charge in [0.1, 0.15) is 0 Å². The lowest BCUT2D eigenvalue weighted by Gasteiger charge is -2.06. The molecule has 15 heavy (non-hydrogen) atoms. The monoisotopic (exact) mass is 227 g/mol. The smallest absolute Gasteiger partial charge is 0.175 e. The summed E-state index contributed by atoms with van der Waals surface area (Å²) in [6.45, 7) is 1.94. The maximum Gasteiger partial charge on any atom is 0.175 e. The number of rotatable bonds is 4. The van der Waals surface area contributed by atoms with Gasteiger partial charge in [0, 0.05) is 12.3 Å². The van der Waals surface area contributed by atoms with Crippen LogP contribution in [0, 0.1) is 0 Å². The molecule has 0 bridgehead atoms. The number of nitrogens with two attached hydrogens (primary N) is 1. The Bertz CT molecular complexity index is 424. The van der Waals surface area contributed by atoms with Gasteiger partial charge in [0.05, 0.1) is 4.90 Å². The van der Waals surface area contributed by atoms with Crippen molar-refractivity contribution < 1.29 is 8.42 Å². The summed E-state index contributed by atoms with van der Waals surface area (Å²) in [7, 11) is -3.10. The second kappa shape index (κ2) is 4.77. The molecule has 84 valence electrons. The third-order valence-corrected chi connectivity index (χ3v) is 3.33. The van der Waals surface area contributed by atoms with E-state index in [1.165, 1.54) is 6.26 Å². The number of benzene rings is 1. The van der Waals surface area contributed by atoms with Crippen LogP contribution in [0.5, 0.6) is 0 Å². The van der Waals surface area contributed by atoms with E-state index in [4.69, 9.17) is 5.73 Å². The molecule has 0 saturated carbocycles. The second-order valence-electron chi connectivity index (χ2n) is 3.94. The second-order valence-corrected chi connectivity index (χ2v) is 5.95. The molecular weight excluding hydrogens is 210 g/mol. The van der Waals surface area contributed by atoms with Gasteiger partial charge in [-0.25, -0.2) is 8.42 Å². The van der Waals surface area contributed by atoms with Crippen LogP contribution >= 0.6 is 0 Å². The molecule has 3 nitrogen and oxygen atoms in total. The van der Waals surface area contributed by atoms with Gasteiger partial charge in [-0.05, 0) is 37.5 Å². The Kier molecular flexibility index (Phi) is 3.88. The molecule has 1 aromatic carbocycles. The Morgan fingerprint density at radius 3 is 2.60 bits per heavy atom. The molecule has 0 fully saturated rings. The zero-order valence-corrected chi connectivity index (χ0v) is 9.92. The van der Waals surface area contributed by atoms with Gasteiger partial charge in [0.25, 0.3) is 0 Å². The lowest BCUT2D eigenvalue weighted by molar-refractivity contribution is 0.601. The van der Waals surface area contributed by atoms with Crippen LogP contribution in [0.2, 0.25) is 0 Å². The Morgan fingerprint density at radius 2 is 2.07 bits per heavy atom. The van der Waals surface area contributed by atoms with E-state index in [0.29, 0.717) is 4.90 Å². The quantitative estimate of drug-likeness (QED) is 0.845. The summed E-state index contributed by atoms with van der Waals surface area (Å²) in [6.07, 6.45) is 2.91. The van der Waals surface area contributed by atoms with Gasteiger partial charge in [-0.1, -0.05) is 12.1 Å². The van der Waals surface area contributed by atoms with Gasteiger partial charge in [0.2, 0.25) is 0 Å². The average Bonchev–Trinajstić information content (AvgIpc) is 2.14. The molecule has 0 spiro atoms. The third kappa shape index (κ3) is 4.01. The molecule has 2 N–H and O–H groups in total. The molecule has 0 heterocycles. The Labute approximate surface area is 91.2 Å². The molecule has 0 amide bonds. The van der Waals surface area contributed by atoms with Crippen LogP contribution in [-0.2, 0) is 16.3 Å². The third-order valence-electron chi connectivity index (χ3n) is 2.21. The molecule has 0 aliphatic carbocycles. The summed E-state index contributed by atoms with van der Waals surface area (Å²) in [4.78, 5) is 0.379. The fourth-order valence-corrected chi connectivity index (χ4v) is 2.02. The van der Waals surface area contributed by atoms with E-state index in [2.05, 4.69) is 0 Å². The Hall–Kier alpha value is -0.870. The van der Waals surface area contributed by atoms with Crippen LogP contribution in [0.3, 0.4) is 0 Å². The van der Waals surface area contributed by atoms with Crippen molar-refractivity contribution in [3.05, 3.63) is 29.8 Å². The number of sulfone groups is 1. The summed E-state index contributed by atoms with van der Waals surface area (Å²) in [5.41, 5.74) is 6.67. The van der Waals surface area contributed by atoms with Crippen molar-refractivity contribution in [1.29, 1.82) is 0 Å². The van der Waals surface area contributed by atoms with E-state index >= 15 is 0 Å². The SMILES string of the molecule is C[C@H](N)CCc1cccc(S(C)(=O)=O)c1. The number of hydrogen-bond acceptors (Lipinski definition) is 3. The zero-order chi connectivity index (χ0) is 11.5. The van der Waals surface area contributed by atoms with E-state index in [1.54, 1.807) is 18.2 Å². The summed E-state index contributed by atoms with van der Waals surface area (Å²) in [6, 6.07) is 7.18. The molecular formula is C11H17NO2S. The van der Waals surface area contributed by atoms with Gasteiger partial charge in [0.15, 0.2) is 9.84 Å². The maximum atomic E-state index is 11.3. The minimum Gasteiger partial charge on any atom is -0.328 e. The highest BCUT2D eigenvalue weighted by Crippen LogP contribution is 2.13. The lowest BCUT2D eigenvalue weighted by Crippen LogP contribution is -2.15. The van der Waals surface area contributed by atoms with E-state index in [1.807, 2.05) is 13.0 Å². The van der Waals surface area contributed by atoms with Crippen LogP contribution < -0.4 is 5.73 Å². The molecule has 1 aromatic rings. The highest BCUT2D eigenvalue weighted by molar-refractivity contribution is 7.90. The van der Waals surface area contributed by atoms with Gasteiger partial charge in [-0.15, -0.1) is 0 Å². The van der Waals surface area contributed by atoms with E-state index in [9.17, 15) is 8.42 Å². The molecule has 0 radical (unpaired) electrons. The standard InChI is InChI=1S/C11H17NO2S/c1-9(12)6-7-10-4-3-5-11(8-10)15(2,13)14/h3-5,8-9H,6-7,12H2,1-2H3/t9-/m0/s1. The van der Waals surface area contributed by atoms with E-state index in [0.717, 1.165) is 18.4 Å². The molecule has 0 saturated heterocycles. The molecule has 0 unspecified atom stereocenters. The van der Waals surface area contributed by atoms with Crippen molar-refractivity contribution >= 4 is 9.84 Å². The first-order valence-corrected chi connectivity index (χ1v) is 6.83. The molecule has 1 rings (SSSR count). The lowest BCUT2D eigenvalue weighted by atomic mass is 10.1.